The zero-order valence-corrected chi connectivity index (χ0v) is 10.5. The van der Waals surface area contributed by atoms with Crippen molar-refractivity contribution in [3.8, 4) is 0 Å². The molecule has 1 saturated carbocycles. The molecule has 1 fully saturated rings. The van der Waals surface area contributed by atoms with E-state index in [0.717, 1.165) is 0 Å². The van der Waals surface area contributed by atoms with E-state index in [0.29, 0.717) is 30.5 Å². The molecule has 0 bridgehead atoms. The van der Waals surface area contributed by atoms with E-state index in [-0.39, 0.29) is 0 Å². The van der Waals surface area contributed by atoms with Crippen LogP contribution in [0.5, 0.6) is 0 Å². The van der Waals surface area contributed by atoms with Crippen molar-refractivity contribution in [1.29, 1.82) is 0 Å². The van der Waals surface area contributed by atoms with Crippen molar-refractivity contribution in [3.05, 3.63) is 0 Å². The highest BCUT2D eigenvalue weighted by Gasteiger charge is 2.24. The largest absolute Gasteiger partial charge is 0.396 e. The zero-order chi connectivity index (χ0) is 11.3. The molecular formula is C13H27NO. The monoisotopic (exact) mass is 213 g/mol. The van der Waals surface area contributed by atoms with Crippen LogP contribution in [-0.2, 0) is 0 Å². The maximum absolute atomic E-state index is 9.40. The first-order valence-corrected chi connectivity index (χ1v) is 6.52. The number of nitrogens with one attached hydrogen (secondary N) is 1. The normalized spacial score (nSPS) is 30.2. The van der Waals surface area contributed by atoms with Gasteiger partial charge in [0.25, 0.3) is 0 Å². The summed E-state index contributed by atoms with van der Waals surface area (Å²) >= 11 is 0. The third kappa shape index (κ3) is 4.12. The van der Waals surface area contributed by atoms with Gasteiger partial charge in [-0.3, -0.25) is 0 Å². The predicted octanol–water partition coefficient (Wildman–Crippen LogP) is 2.56. The SMILES string of the molecule is CC(C)C(C)NC1CCCCCC1CO. The first-order valence-electron chi connectivity index (χ1n) is 6.52. The first-order chi connectivity index (χ1) is 7.15. The second-order valence-corrected chi connectivity index (χ2v) is 5.39. The van der Waals surface area contributed by atoms with Crippen LogP contribution in [0.25, 0.3) is 0 Å². The Kier molecular flexibility index (Phi) is 5.62. The number of rotatable bonds is 4. The molecule has 2 nitrogen and oxygen atoms in total. The summed E-state index contributed by atoms with van der Waals surface area (Å²) in [6.07, 6.45) is 6.38. The van der Waals surface area contributed by atoms with Crippen LogP contribution in [-0.4, -0.2) is 23.8 Å². The minimum atomic E-state index is 0.350. The van der Waals surface area contributed by atoms with Crippen LogP contribution in [0.15, 0.2) is 0 Å². The second kappa shape index (κ2) is 6.49. The molecule has 1 rings (SSSR count). The van der Waals surface area contributed by atoms with Crippen molar-refractivity contribution < 1.29 is 5.11 Å². The van der Waals surface area contributed by atoms with Crippen LogP contribution in [0, 0.1) is 11.8 Å². The van der Waals surface area contributed by atoms with Gasteiger partial charge in [-0.15, -0.1) is 0 Å². The summed E-state index contributed by atoms with van der Waals surface area (Å²) in [5.74, 6) is 1.15. The number of hydrogen-bond acceptors (Lipinski definition) is 2. The van der Waals surface area contributed by atoms with Gasteiger partial charge in [0, 0.05) is 18.7 Å². The molecule has 1 aliphatic rings. The number of aliphatic hydroxyl groups is 1. The standard InChI is InChI=1S/C13H27NO/c1-10(2)11(3)14-13-8-6-4-5-7-12(13)9-15/h10-15H,4-9H2,1-3H3. The third-order valence-electron chi connectivity index (χ3n) is 3.87. The summed E-state index contributed by atoms with van der Waals surface area (Å²) in [6, 6.07) is 1.09. The van der Waals surface area contributed by atoms with E-state index < -0.39 is 0 Å². The molecule has 0 amide bonds. The minimum absolute atomic E-state index is 0.350. The molecule has 0 aromatic carbocycles. The Hall–Kier alpha value is -0.0800. The summed E-state index contributed by atoms with van der Waals surface area (Å²) < 4.78 is 0. The van der Waals surface area contributed by atoms with Crippen LogP contribution in [0.3, 0.4) is 0 Å². The first kappa shape index (κ1) is 13.0. The lowest BCUT2D eigenvalue weighted by Crippen LogP contribution is -2.44. The van der Waals surface area contributed by atoms with Gasteiger partial charge in [0.2, 0.25) is 0 Å². The van der Waals surface area contributed by atoms with E-state index >= 15 is 0 Å². The molecule has 3 atom stereocenters. The molecule has 0 saturated heterocycles. The molecular weight excluding hydrogens is 186 g/mol. The van der Waals surface area contributed by atoms with E-state index in [4.69, 9.17) is 0 Å². The lowest BCUT2D eigenvalue weighted by atomic mass is 9.93. The van der Waals surface area contributed by atoms with E-state index in [1.54, 1.807) is 0 Å². The highest BCUT2D eigenvalue weighted by Crippen LogP contribution is 2.24. The molecule has 0 aliphatic heterocycles. The second-order valence-electron chi connectivity index (χ2n) is 5.39. The van der Waals surface area contributed by atoms with Gasteiger partial charge in [-0.2, -0.15) is 0 Å². The van der Waals surface area contributed by atoms with Crippen LogP contribution in [0.2, 0.25) is 0 Å². The van der Waals surface area contributed by atoms with Crippen molar-refractivity contribution in [2.75, 3.05) is 6.61 Å². The summed E-state index contributed by atoms with van der Waals surface area (Å²) in [7, 11) is 0. The van der Waals surface area contributed by atoms with Crippen molar-refractivity contribution in [2.24, 2.45) is 11.8 Å². The summed E-state index contributed by atoms with van der Waals surface area (Å²) in [6.45, 7) is 7.11. The van der Waals surface area contributed by atoms with Gasteiger partial charge in [0.1, 0.15) is 0 Å². The van der Waals surface area contributed by atoms with Crippen LogP contribution < -0.4 is 5.32 Å². The molecule has 2 heteroatoms. The Morgan fingerprint density at radius 2 is 1.80 bits per heavy atom. The Morgan fingerprint density at radius 1 is 1.13 bits per heavy atom. The molecule has 15 heavy (non-hydrogen) atoms. The molecule has 0 radical (unpaired) electrons. The average molecular weight is 213 g/mol. The Bertz CT molecular complexity index is 170. The lowest BCUT2D eigenvalue weighted by Gasteiger charge is -2.29. The van der Waals surface area contributed by atoms with Gasteiger partial charge in [-0.25, -0.2) is 0 Å². The fourth-order valence-corrected chi connectivity index (χ4v) is 2.35. The van der Waals surface area contributed by atoms with Crippen molar-refractivity contribution in [2.45, 2.75) is 65.0 Å². The van der Waals surface area contributed by atoms with Crippen LogP contribution in [0.1, 0.15) is 52.9 Å². The maximum atomic E-state index is 9.40. The van der Waals surface area contributed by atoms with E-state index in [1.807, 2.05) is 0 Å². The highest BCUT2D eigenvalue weighted by atomic mass is 16.3. The molecule has 0 aromatic heterocycles. The molecule has 0 aromatic rings. The average Bonchev–Trinajstić information content (AvgIpc) is 2.42. The summed E-state index contributed by atoms with van der Waals surface area (Å²) in [4.78, 5) is 0. The zero-order valence-electron chi connectivity index (χ0n) is 10.5. The van der Waals surface area contributed by atoms with Crippen LogP contribution in [0.4, 0.5) is 0 Å². The summed E-state index contributed by atoms with van der Waals surface area (Å²) in [5, 5.41) is 13.1. The van der Waals surface area contributed by atoms with Gasteiger partial charge >= 0.3 is 0 Å². The highest BCUT2D eigenvalue weighted by molar-refractivity contribution is 4.82. The van der Waals surface area contributed by atoms with E-state index in [2.05, 4.69) is 26.1 Å². The quantitative estimate of drug-likeness (QED) is 0.703. The smallest absolute Gasteiger partial charge is 0.0474 e. The molecule has 3 unspecified atom stereocenters. The number of hydrogen-bond donors (Lipinski definition) is 2. The van der Waals surface area contributed by atoms with Crippen molar-refractivity contribution >= 4 is 0 Å². The third-order valence-corrected chi connectivity index (χ3v) is 3.87. The number of aliphatic hydroxyl groups excluding tert-OH is 1. The molecule has 2 N–H and O–H groups in total. The molecule has 0 spiro atoms. The topological polar surface area (TPSA) is 32.3 Å². The van der Waals surface area contributed by atoms with Crippen molar-refractivity contribution in [1.82, 2.24) is 5.32 Å². The van der Waals surface area contributed by atoms with Gasteiger partial charge in [0.15, 0.2) is 0 Å². The van der Waals surface area contributed by atoms with Crippen LogP contribution >= 0.6 is 0 Å². The van der Waals surface area contributed by atoms with Gasteiger partial charge in [0.05, 0.1) is 0 Å². The molecule has 0 heterocycles. The Morgan fingerprint density at radius 3 is 2.40 bits per heavy atom. The van der Waals surface area contributed by atoms with Crippen molar-refractivity contribution in [3.63, 3.8) is 0 Å². The molecule has 1 aliphatic carbocycles. The maximum Gasteiger partial charge on any atom is 0.0474 e. The van der Waals surface area contributed by atoms with Gasteiger partial charge in [-0.1, -0.05) is 33.1 Å². The molecule has 90 valence electrons. The summed E-state index contributed by atoms with van der Waals surface area (Å²) in [5.41, 5.74) is 0. The Balaban J connectivity index is 2.47. The fourth-order valence-electron chi connectivity index (χ4n) is 2.35. The van der Waals surface area contributed by atoms with Gasteiger partial charge < -0.3 is 10.4 Å². The van der Waals surface area contributed by atoms with E-state index in [1.165, 1.54) is 32.1 Å². The predicted molar refractivity (Wildman–Crippen MR) is 64.9 cm³/mol. The lowest BCUT2D eigenvalue weighted by molar-refractivity contribution is 0.170. The minimum Gasteiger partial charge on any atom is -0.396 e. The Labute approximate surface area is 94.5 Å². The van der Waals surface area contributed by atoms with E-state index in [9.17, 15) is 5.11 Å². The van der Waals surface area contributed by atoms with Gasteiger partial charge in [-0.05, 0) is 31.6 Å². The fraction of sp³-hybridized carbons (Fsp3) is 1.00.